The Kier molecular flexibility index (Phi) is 6.57. The van der Waals surface area contributed by atoms with E-state index in [1.807, 2.05) is 14.0 Å². The molecule has 0 unspecified atom stereocenters. The summed E-state index contributed by atoms with van der Waals surface area (Å²) in [6.45, 7) is 7.44. The van der Waals surface area contributed by atoms with E-state index in [1.165, 1.54) is 32.2 Å². The number of carbonyl (C=O) groups excluding carboxylic acids is 1. The molecule has 142 valence electrons. The number of rotatable bonds is 8. The van der Waals surface area contributed by atoms with E-state index in [-0.39, 0.29) is 11.9 Å². The number of likely N-dealkylation sites (tertiary alicyclic amines) is 1. The number of aliphatic imine (C=N–C) groups is 1. The maximum absolute atomic E-state index is 11.9. The molecular formula is C19H34N4O2. The average molecular weight is 351 g/mol. The van der Waals surface area contributed by atoms with Gasteiger partial charge in [-0.15, -0.1) is 0 Å². The van der Waals surface area contributed by atoms with E-state index in [4.69, 9.17) is 4.74 Å². The molecule has 25 heavy (non-hydrogen) atoms. The number of esters is 1. The van der Waals surface area contributed by atoms with Crippen molar-refractivity contribution in [1.82, 2.24) is 15.1 Å². The molecule has 0 aromatic carbocycles. The normalized spacial score (nSPS) is 22.4. The molecule has 0 bridgehead atoms. The molecule has 6 heteroatoms. The molecule has 1 saturated heterocycles. The fourth-order valence-corrected chi connectivity index (χ4v) is 3.73. The van der Waals surface area contributed by atoms with Crippen molar-refractivity contribution in [3.05, 3.63) is 0 Å². The molecule has 1 aliphatic heterocycles. The molecule has 1 heterocycles. The molecule has 2 saturated carbocycles. The first-order valence-corrected chi connectivity index (χ1v) is 10.1. The summed E-state index contributed by atoms with van der Waals surface area (Å²) in [6, 6.07) is 0.838. The third-order valence-electron chi connectivity index (χ3n) is 5.56. The van der Waals surface area contributed by atoms with E-state index in [9.17, 15) is 4.79 Å². The Labute approximate surface area is 152 Å². The maximum atomic E-state index is 11.9. The Bertz CT molecular complexity index is 466. The first-order valence-electron chi connectivity index (χ1n) is 10.1. The third kappa shape index (κ3) is 5.59. The first-order chi connectivity index (χ1) is 12.2. The van der Waals surface area contributed by atoms with E-state index in [1.54, 1.807) is 0 Å². The lowest BCUT2D eigenvalue weighted by molar-refractivity contribution is -0.149. The SMILES string of the molecule is CCOC(=O)C1CCN(C(=NC)NCCN(CC2CC2)C2CC2)CC1. The van der Waals surface area contributed by atoms with Gasteiger partial charge in [0.05, 0.1) is 12.5 Å². The Morgan fingerprint density at radius 3 is 2.48 bits per heavy atom. The van der Waals surface area contributed by atoms with Crippen molar-refractivity contribution in [1.29, 1.82) is 0 Å². The molecule has 0 spiro atoms. The minimum absolute atomic E-state index is 0.0368. The highest BCUT2D eigenvalue weighted by Gasteiger charge is 2.33. The van der Waals surface area contributed by atoms with Crippen LogP contribution in [0.5, 0.6) is 0 Å². The number of nitrogens with zero attached hydrogens (tertiary/aromatic N) is 3. The number of guanidine groups is 1. The second kappa shape index (κ2) is 8.88. The summed E-state index contributed by atoms with van der Waals surface area (Å²) >= 11 is 0. The number of hydrogen-bond donors (Lipinski definition) is 1. The van der Waals surface area contributed by atoms with Gasteiger partial charge in [-0.3, -0.25) is 14.7 Å². The Hall–Kier alpha value is -1.30. The van der Waals surface area contributed by atoms with Gasteiger partial charge in [0.15, 0.2) is 5.96 Å². The summed E-state index contributed by atoms with van der Waals surface area (Å²) in [6.07, 6.45) is 7.32. The fourth-order valence-electron chi connectivity index (χ4n) is 3.73. The smallest absolute Gasteiger partial charge is 0.309 e. The fraction of sp³-hybridized carbons (Fsp3) is 0.895. The molecule has 6 nitrogen and oxygen atoms in total. The molecule has 0 aromatic rings. The second-order valence-electron chi connectivity index (χ2n) is 7.66. The van der Waals surface area contributed by atoms with Crippen LogP contribution in [0.15, 0.2) is 4.99 Å². The van der Waals surface area contributed by atoms with Gasteiger partial charge in [0, 0.05) is 45.8 Å². The monoisotopic (exact) mass is 350 g/mol. The number of piperidine rings is 1. The van der Waals surface area contributed by atoms with Crippen LogP contribution in [-0.2, 0) is 9.53 Å². The highest BCUT2D eigenvalue weighted by molar-refractivity contribution is 5.80. The van der Waals surface area contributed by atoms with Gasteiger partial charge in [-0.1, -0.05) is 0 Å². The van der Waals surface area contributed by atoms with Crippen molar-refractivity contribution in [2.24, 2.45) is 16.8 Å². The lowest BCUT2D eigenvalue weighted by atomic mass is 9.97. The van der Waals surface area contributed by atoms with Crippen LogP contribution in [0, 0.1) is 11.8 Å². The number of nitrogens with one attached hydrogen (secondary N) is 1. The van der Waals surface area contributed by atoms with Crippen molar-refractivity contribution in [2.45, 2.75) is 51.5 Å². The summed E-state index contributed by atoms with van der Waals surface area (Å²) in [4.78, 5) is 21.3. The third-order valence-corrected chi connectivity index (χ3v) is 5.56. The first kappa shape index (κ1) is 18.5. The minimum Gasteiger partial charge on any atom is -0.466 e. The molecule has 1 N–H and O–H groups in total. The Morgan fingerprint density at radius 2 is 1.92 bits per heavy atom. The predicted molar refractivity (Wildman–Crippen MR) is 99.6 cm³/mol. The average Bonchev–Trinajstić information content (AvgIpc) is 3.52. The van der Waals surface area contributed by atoms with Gasteiger partial charge in [0.25, 0.3) is 0 Å². The number of carbonyl (C=O) groups is 1. The molecule has 0 atom stereocenters. The zero-order chi connectivity index (χ0) is 17.6. The van der Waals surface area contributed by atoms with Crippen LogP contribution in [0.2, 0.25) is 0 Å². The van der Waals surface area contributed by atoms with Crippen LogP contribution in [0.4, 0.5) is 0 Å². The van der Waals surface area contributed by atoms with Gasteiger partial charge < -0.3 is 15.0 Å². The summed E-state index contributed by atoms with van der Waals surface area (Å²) in [5, 5.41) is 3.53. The zero-order valence-electron chi connectivity index (χ0n) is 15.9. The summed E-state index contributed by atoms with van der Waals surface area (Å²) in [5.41, 5.74) is 0. The van der Waals surface area contributed by atoms with Gasteiger partial charge in [-0.05, 0) is 51.4 Å². The van der Waals surface area contributed by atoms with E-state index in [0.29, 0.717) is 6.61 Å². The summed E-state index contributed by atoms with van der Waals surface area (Å²) < 4.78 is 5.15. The van der Waals surface area contributed by atoms with Gasteiger partial charge in [-0.25, -0.2) is 0 Å². The lowest BCUT2D eigenvalue weighted by Crippen LogP contribution is -2.48. The van der Waals surface area contributed by atoms with Crippen LogP contribution in [-0.4, -0.2) is 74.1 Å². The van der Waals surface area contributed by atoms with Crippen molar-refractivity contribution in [3.63, 3.8) is 0 Å². The number of hydrogen-bond acceptors (Lipinski definition) is 4. The van der Waals surface area contributed by atoms with Crippen LogP contribution >= 0.6 is 0 Å². The highest BCUT2D eigenvalue weighted by atomic mass is 16.5. The highest BCUT2D eigenvalue weighted by Crippen LogP contribution is 2.34. The molecule has 0 aromatic heterocycles. The maximum Gasteiger partial charge on any atom is 0.309 e. The summed E-state index contributed by atoms with van der Waals surface area (Å²) in [5.74, 6) is 1.95. The largest absolute Gasteiger partial charge is 0.466 e. The molecular weight excluding hydrogens is 316 g/mol. The lowest BCUT2D eigenvalue weighted by Gasteiger charge is -2.33. The molecule has 0 radical (unpaired) electrons. The molecule has 3 rings (SSSR count). The van der Waals surface area contributed by atoms with Crippen molar-refractivity contribution in [3.8, 4) is 0 Å². The second-order valence-corrected chi connectivity index (χ2v) is 7.66. The van der Waals surface area contributed by atoms with E-state index < -0.39 is 0 Å². The Morgan fingerprint density at radius 1 is 1.20 bits per heavy atom. The summed E-state index contributed by atoms with van der Waals surface area (Å²) in [7, 11) is 1.85. The molecule has 2 aliphatic carbocycles. The molecule has 3 aliphatic rings. The van der Waals surface area contributed by atoms with Crippen molar-refractivity contribution in [2.75, 3.05) is 46.4 Å². The standard InChI is InChI=1S/C19H34N4O2/c1-3-25-18(24)16-8-11-22(12-9-16)19(20-2)21-10-13-23(17-6-7-17)14-15-4-5-15/h15-17H,3-14H2,1-2H3,(H,20,21). The Balaban J connectivity index is 1.38. The quantitative estimate of drug-likeness (QED) is 0.410. The number of ether oxygens (including phenoxy) is 1. The van der Waals surface area contributed by atoms with Gasteiger partial charge in [0.1, 0.15) is 0 Å². The van der Waals surface area contributed by atoms with Crippen LogP contribution < -0.4 is 5.32 Å². The predicted octanol–water partition coefficient (Wildman–Crippen LogP) is 1.71. The topological polar surface area (TPSA) is 57.2 Å². The molecule has 0 amide bonds. The van der Waals surface area contributed by atoms with Crippen LogP contribution in [0.25, 0.3) is 0 Å². The van der Waals surface area contributed by atoms with Gasteiger partial charge in [0.2, 0.25) is 0 Å². The van der Waals surface area contributed by atoms with Gasteiger partial charge in [-0.2, -0.15) is 0 Å². The molecule has 3 fully saturated rings. The van der Waals surface area contributed by atoms with E-state index in [0.717, 1.165) is 56.9 Å². The van der Waals surface area contributed by atoms with Crippen molar-refractivity contribution < 1.29 is 9.53 Å². The zero-order valence-corrected chi connectivity index (χ0v) is 15.9. The van der Waals surface area contributed by atoms with E-state index in [2.05, 4.69) is 20.1 Å². The van der Waals surface area contributed by atoms with Gasteiger partial charge >= 0.3 is 5.97 Å². The van der Waals surface area contributed by atoms with Crippen molar-refractivity contribution >= 4 is 11.9 Å². The minimum atomic E-state index is -0.0368. The van der Waals surface area contributed by atoms with Crippen LogP contribution in [0.1, 0.15) is 45.4 Å². The van der Waals surface area contributed by atoms with E-state index >= 15 is 0 Å². The van der Waals surface area contributed by atoms with Crippen LogP contribution in [0.3, 0.4) is 0 Å².